The van der Waals surface area contributed by atoms with Gasteiger partial charge < -0.3 is 4.90 Å². The lowest BCUT2D eigenvalue weighted by atomic mass is 9.74. The fraction of sp³-hybridized carbons (Fsp3) is 0.933. The molecule has 0 spiro atoms. The minimum atomic E-state index is 0.295. The number of nitrogens with zero attached hydrogens (tertiary/aromatic N) is 1. The molecule has 3 heteroatoms. The molecule has 0 N–H and O–H groups in total. The van der Waals surface area contributed by atoms with Gasteiger partial charge in [0.1, 0.15) is 5.78 Å². The average Bonchev–Trinajstić information content (AvgIpc) is 2.22. The van der Waals surface area contributed by atoms with Gasteiger partial charge in [-0.3, -0.25) is 4.79 Å². The molecule has 2 fully saturated rings. The molecule has 0 amide bonds. The molecule has 1 heterocycles. The smallest absolute Gasteiger partial charge is 0.137 e. The van der Waals surface area contributed by atoms with Gasteiger partial charge in [0, 0.05) is 42.5 Å². The summed E-state index contributed by atoms with van der Waals surface area (Å²) in [7, 11) is 0. The molecule has 0 radical (unpaired) electrons. The maximum absolute atomic E-state index is 12.2. The van der Waals surface area contributed by atoms with Gasteiger partial charge in [0.25, 0.3) is 0 Å². The molecule has 2 nitrogen and oxygen atoms in total. The van der Waals surface area contributed by atoms with Crippen molar-refractivity contribution in [3.8, 4) is 0 Å². The van der Waals surface area contributed by atoms with Crippen LogP contribution >= 0.6 is 11.8 Å². The molecule has 104 valence electrons. The van der Waals surface area contributed by atoms with E-state index in [-0.39, 0.29) is 0 Å². The van der Waals surface area contributed by atoms with Crippen LogP contribution in [0.25, 0.3) is 0 Å². The van der Waals surface area contributed by atoms with Crippen molar-refractivity contribution in [1.82, 2.24) is 4.90 Å². The molecular formula is C15H27NOS. The van der Waals surface area contributed by atoms with E-state index in [4.69, 9.17) is 0 Å². The third-order valence-corrected chi connectivity index (χ3v) is 5.60. The predicted molar refractivity (Wildman–Crippen MR) is 79.0 cm³/mol. The number of hydrogen-bond donors (Lipinski definition) is 0. The molecule has 1 saturated carbocycles. The predicted octanol–water partition coefficient (Wildman–Crippen LogP) is 3.06. The van der Waals surface area contributed by atoms with Crippen LogP contribution in [0.2, 0.25) is 0 Å². The first-order chi connectivity index (χ1) is 8.45. The van der Waals surface area contributed by atoms with Gasteiger partial charge >= 0.3 is 0 Å². The largest absolute Gasteiger partial charge is 0.300 e. The van der Waals surface area contributed by atoms with Crippen LogP contribution in [0.4, 0.5) is 0 Å². The minimum absolute atomic E-state index is 0.295. The number of carbonyl (C=O) groups is 1. The SMILES string of the molecule is CC1CC(=O)C(CN2CC(C)SC(C)C2)C(C)C1. The van der Waals surface area contributed by atoms with Crippen LogP contribution in [0.5, 0.6) is 0 Å². The highest BCUT2D eigenvalue weighted by Gasteiger charge is 2.34. The first-order valence-electron chi connectivity index (χ1n) is 7.36. The molecule has 1 saturated heterocycles. The third kappa shape index (κ3) is 3.51. The normalized spacial score (nSPS) is 43.1. The van der Waals surface area contributed by atoms with Crippen LogP contribution in [0, 0.1) is 17.8 Å². The first-order valence-corrected chi connectivity index (χ1v) is 8.30. The lowest BCUT2D eigenvalue weighted by Crippen LogP contribution is -2.46. The van der Waals surface area contributed by atoms with Gasteiger partial charge in [-0.05, 0) is 18.3 Å². The third-order valence-electron chi connectivity index (χ3n) is 4.37. The van der Waals surface area contributed by atoms with E-state index in [2.05, 4.69) is 44.4 Å². The van der Waals surface area contributed by atoms with Crippen molar-refractivity contribution in [3.05, 3.63) is 0 Å². The number of ketones is 1. The molecule has 0 aromatic rings. The van der Waals surface area contributed by atoms with Crippen molar-refractivity contribution >= 4 is 17.5 Å². The monoisotopic (exact) mass is 269 g/mol. The molecule has 0 aromatic heterocycles. The number of thioether (sulfide) groups is 1. The summed E-state index contributed by atoms with van der Waals surface area (Å²) < 4.78 is 0. The molecule has 5 atom stereocenters. The quantitative estimate of drug-likeness (QED) is 0.768. The molecule has 0 aromatic carbocycles. The number of rotatable bonds is 2. The lowest BCUT2D eigenvalue weighted by molar-refractivity contribution is -0.128. The molecule has 5 unspecified atom stereocenters. The first kappa shape index (κ1) is 14.4. The van der Waals surface area contributed by atoms with E-state index in [1.807, 2.05) is 0 Å². The van der Waals surface area contributed by atoms with Crippen LogP contribution < -0.4 is 0 Å². The summed E-state index contributed by atoms with van der Waals surface area (Å²) in [5.74, 6) is 1.98. The zero-order valence-corrected chi connectivity index (χ0v) is 13.0. The van der Waals surface area contributed by atoms with Crippen LogP contribution in [0.15, 0.2) is 0 Å². The molecule has 0 bridgehead atoms. The van der Waals surface area contributed by atoms with Gasteiger partial charge in [0.05, 0.1) is 0 Å². The highest BCUT2D eigenvalue weighted by atomic mass is 32.2. The van der Waals surface area contributed by atoms with E-state index in [0.29, 0.717) is 34.0 Å². The topological polar surface area (TPSA) is 20.3 Å². The number of hydrogen-bond acceptors (Lipinski definition) is 3. The second kappa shape index (κ2) is 5.96. The van der Waals surface area contributed by atoms with E-state index >= 15 is 0 Å². The zero-order chi connectivity index (χ0) is 13.3. The van der Waals surface area contributed by atoms with Crippen molar-refractivity contribution in [1.29, 1.82) is 0 Å². The summed E-state index contributed by atoms with van der Waals surface area (Å²) in [6.45, 7) is 12.4. The van der Waals surface area contributed by atoms with Crippen molar-refractivity contribution in [2.75, 3.05) is 19.6 Å². The Kier molecular flexibility index (Phi) is 4.76. The molecule has 18 heavy (non-hydrogen) atoms. The second-order valence-electron chi connectivity index (χ2n) is 6.57. The van der Waals surface area contributed by atoms with Gasteiger partial charge in [-0.15, -0.1) is 0 Å². The summed E-state index contributed by atoms with van der Waals surface area (Å²) >= 11 is 2.08. The van der Waals surface area contributed by atoms with E-state index in [1.54, 1.807) is 0 Å². The summed E-state index contributed by atoms with van der Waals surface area (Å²) in [5, 5.41) is 1.42. The van der Waals surface area contributed by atoms with Crippen molar-refractivity contribution in [2.45, 2.75) is 51.0 Å². The molecular weight excluding hydrogens is 242 g/mol. The molecule has 2 rings (SSSR count). The Bertz CT molecular complexity index is 297. The van der Waals surface area contributed by atoms with Gasteiger partial charge in [-0.25, -0.2) is 0 Å². The van der Waals surface area contributed by atoms with Gasteiger partial charge in [0.2, 0.25) is 0 Å². The Morgan fingerprint density at radius 3 is 2.33 bits per heavy atom. The Morgan fingerprint density at radius 2 is 1.78 bits per heavy atom. The van der Waals surface area contributed by atoms with Crippen molar-refractivity contribution in [2.24, 2.45) is 17.8 Å². The van der Waals surface area contributed by atoms with Crippen molar-refractivity contribution in [3.63, 3.8) is 0 Å². The average molecular weight is 269 g/mol. The number of carbonyl (C=O) groups excluding carboxylic acids is 1. The van der Waals surface area contributed by atoms with E-state index < -0.39 is 0 Å². The Balaban J connectivity index is 1.93. The molecule has 1 aliphatic carbocycles. The second-order valence-corrected chi connectivity index (χ2v) is 8.45. The Labute approximate surface area is 116 Å². The van der Waals surface area contributed by atoms with Gasteiger partial charge in [-0.1, -0.05) is 27.7 Å². The number of Topliss-reactive ketones (excluding diaryl/α,β-unsaturated/α-hetero) is 1. The zero-order valence-electron chi connectivity index (χ0n) is 12.2. The summed E-state index contributed by atoms with van der Waals surface area (Å²) in [6, 6.07) is 0. The van der Waals surface area contributed by atoms with Crippen molar-refractivity contribution < 1.29 is 4.79 Å². The van der Waals surface area contributed by atoms with Crippen LogP contribution in [0.1, 0.15) is 40.5 Å². The Morgan fingerprint density at radius 1 is 1.17 bits per heavy atom. The molecule has 1 aliphatic heterocycles. The fourth-order valence-electron chi connectivity index (χ4n) is 3.69. The lowest BCUT2D eigenvalue weighted by Gasteiger charge is -2.39. The fourth-order valence-corrected chi connectivity index (χ4v) is 5.07. The molecule has 2 aliphatic rings. The standard InChI is InChI=1S/C15H27NOS/c1-10-5-11(2)14(15(17)6-10)9-16-7-12(3)18-13(4)8-16/h10-14H,5-9H2,1-4H3. The highest BCUT2D eigenvalue weighted by Crippen LogP contribution is 2.33. The maximum Gasteiger partial charge on any atom is 0.137 e. The Hall–Kier alpha value is -0.0200. The van der Waals surface area contributed by atoms with Gasteiger partial charge in [0.15, 0.2) is 0 Å². The maximum atomic E-state index is 12.2. The summed E-state index contributed by atoms with van der Waals surface area (Å²) in [4.78, 5) is 14.7. The summed E-state index contributed by atoms with van der Waals surface area (Å²) in [5.41, 5.74) is 0. The van der Waals surface area contributed by atoms with E-state index in [1.165, 1.54) is 6.42 Å². The van der Waals surface area contributed by atoms with Crippen LogP contribution in [-0.2, 0) is 4.79 Å². The van der Waals surface area contributed by atoms with E-state index in [9.17, 15) is 4.79 Å². The van der Waals surface area contributed by atoms with Crippen LogP contribution in [-0.4, -0.2) is 40.8 Å². The highest BCUT2D eigenvalue weighted by molar-refractivity contribution is 8.00. The summed E-state index contributed by atoms with van der Waals surface area (Å²) in [6.07, 6.45) is 2.03. The van der Waals surface area contributed by atoms with Gasteiger partial charge in [-0.2, -0.15) is 11.8 Å². The van der Waals surface area contributed by atoms with E-state index in [0.717, 1.165) is 26.1 Å². The minimum Gasteiger partial charge on any atom is -0.300 e. The van der Waals surface area contributed by atoms with Crippen LogP contribution in [0.3, 0.4) is 0 Å².